The Morgan fingerprint density at radius 3 is 2.55 bits per heavy atom. The molecule has 1 N–H and O–H groups in total. The molecule has 0 bridgehead atoms. The Kier molecular flexibility index (Phi) is 6.80. The van der Waals surface area contributed by atoms with Crippen LogP contribution in [0.15, 0.2) is 47.0 Å². The third kappa shape index (κ3) is 5.32. The Balaban J connectivity index is 1.70. The normalized spacial score (nSPS) is 10.6. The fourth-order valence-electron chi connectivity index (χ4n) is 2.57. The number of nitrogens with one attached hydrogen (secondary N) is 1. The van der Waals surface area contributed by atoms with Gasteiger partial charge in [-0.1, -0.05) is 22.9 Å². The fourth-order valence-corrected chi connectivity index (χ4v) is 2.57. The Bertz CT molecular complexity index is 953. The van der Waals surface area contributed by atoms with E-state index in [4.69, 9.17) is 18.7 Å². The van der Waals surface area contributed by atoms with Crippen molar-refractivity contribution in [3.05, 3.63) is 48.0 Å². The Morgan fingerprint density at radius 1 is 1.07 bits per heavy atom. The molecular weight excluding hydrogens is 374 g/mol. The molecule has 0 spiro atoms. The molecule has 0 unspecified atom stereocenters. The van der Waals surface area contributed by atoms with Gasteiger partial charge in [0.2, 0.25) is 5.82 Å². The highest BCUT2D eigenvalue weighted by atomic mass is 16.5. The lowest BCUT2D eigenvalue weighted by molar-refractivity contribution is -0.123. The molecule has 8 heteroatoms. The minimum absolute atomic E-state index is 0.126. The van der Waals surface area contributed by atoms with Gasteiger partial charge in [-0.3, -0.25) is 4.79 Å². The summed E-state index contributed by atoms with van der Waals surface area (Å²) in [6.45, 7) is 2.76. The van der Waals surface area contributed by atoms with Gasteiger partial charge in [-0.15, -0.1) is 0 Å². The van der Waals surface area contributed by atoms with Crippen molar-refractivity contribution < 1.29 is 23.5 Å². The summed E-state index contributed by atoms with van der Waals surface area (Å²) in [5.74, 6) is 1.54. The molecule has 0 saturated heterocycles. The van der Waals surface area contributed by atoms with E-state index in [1.807, 2.05) is 31.2 Å². The van der Waals surface area contributed by atoms with E-state index in [0.29, 0.717) is 41.9 Å². The van der Waals surface area contributed by atoms with Crippen molar-refractivity contribution in [2.24, 2.45) is 0 Å². The number of hydrogen-bond acceptors (Lipinski definition) is 7. The summed E-state index contributed by atoms with van der Waals surface area (Å²) >= 11 is 0. The molecule has 1 amide bonds. The summed E-state index contributed by atoms with van der Waals surface area (Å²) in [7, 11) is 3.10. The van der Waals surface area contributed by atoms with Crippen molar-refractivity contribution in [2.75, 3.05) is 34.0 Å². The van der Waals surface area contributed by atoms with Crippen LogP contribution in [-0.4, -0.2) is 50.0 Å². The molecular formula is C21H23N3O5. The zero-order valence-corrected chi connectivity index (χ0v) is 16.6. The van der Waals surface area contributed by atoms with Crippen molar-refractivity contribution in [3.63, 3.8) is 0 Å². The molecule has 0 saturated carbocycles. The van der Waals surface area contributed by atoms with Gasteiger partial charge in [0.05, 0.1) is 13.7 Å². The van der Waals surface area contributed by atoms with Crippen molar-refractivity contribution in [1.82, 2.24) is 15.5 Å². The summed E-state index contributed by atoms with van der Waals surface area (Å²) in [5, 5.41) is 6.74. The van der Waals surface area contributed by atoms with Gasteiger partial charge in [0.25, 0.3) is 11.8 Å². The lowest BCUT2D eigenvalue weighted by Crippen LogP contribution is -2.31. The van der Waals surface area contributed by atoms with E-state index in [2.05, 4.69) is 15.5 Å². The van der Waals surface area contributed by atoms with Crippen LogP contribution in [0, 0.1) is 6.92 Å². The van der Waals surface area contributed by atoms with Crippen molar-refractivity contribution >= 4 is 5.91 Å². The molecule has 8 nitrogen and oxygen atoms in total. The van der Waals surface area contributed by atoms with Crippen LogP contribution in [0.2, 0.25) is 0 Å². The zero-order valence-electron chi connectivity index (χ0n) is 16.6. The lowest BCUT2D eigenvalue weighted by Gasteiger charge is -2.11. The average Bonchev–Trinajstić information content (AvgIpc) is 3.23. The van der Waals surface area contributed by atoms with Crippen LogP contribution in [0.5, 0.6) is 11.5 Å². The molecule has 0 radical (unpaired) electrons. The molecule has 3 rings (SSSR count). The number of carbonyl (C=O) groups is 1. The van der Waals surface area contributed by atoms with E-state index >= 15 is 0 Å². The van der Waals surface area contributed by atoms with E-state index in [0.717, 1.165) is 11.1 Å². The number of amides is 1. The highest BCUT2D eigenvalue weighted by Crippen LogP contribution is 2.32. The van der Waals surface area contributed by atoms with Gasteiger partial charge in [-0.05, 0) is 37.3 Å². The largest absolute Gasteiger partial charge is 0.493 e. The maximum absolute atomic E-state index is 11.8. The van der Waals surface area contributed by atoms with Crippen LogP contribution in [0.25, 0.3) is 22.8 Å². The molecule has 1 aromatic heterocycles. The molecule has 2 aromatic carbocycles. The lowest BCUT2D eigenvalue weighted by atomic mass is 10.1. The predicted octanol–water partition coefficient (Wildman–Crippen LogP) is 2.86. The van der Waals surface area contributed by atoms with Gasteiger partial charge in [0, 0.05) is 24.8 Å². The van der Waals surface area contributed by atoms with Crippen molar-refractivity contribution in [2.45, 2.75) is 6.92 Å². The molecule has 0 aliphatic rings. The summed E-state index contributed by atoms with van der Waals surface area (Å²) in [5.41, 5.74) is 2.71. The number of methoxy groups -OCH3 is 2. The smallest absolute Gasteiger partial charge is 0.258 e. The predicted molar refractivity (Wildman–Crippen MR) is 107 cm³/mol. The monoisotopic (exact) mass is 397 g/mol. The topological polar surface area (TPSA) is 95.7 Å². The summed E-state index contributed by atoms with van der Waals surface area (Å²) in [6.07, 6.45) is 0. The third-order valence-electron chi connectivity index (χ3n) is 4.13. The standard InChI is InChI=1S/C21H23N3O5/c1-14-4-6-15(7-5-14)21-23-20(24-29-21)16-8-9-17(18(12-16)27-3)28-13-19(25)22-10-11-26-2/h4-9,12H,10-11,13H2,1-3H3,(H,22,25). The second-order valence-corrected chi connectivity index (χ2v) is 6.29. The summed E-state index contributed by atoms with van der Waals surface area (Å²) < 4.78 is 21.2. The molecule has 0 aliphatic heterocycles. The highest BCUT2D eigenvalue weighted by Gasteiger charge is 2.14. The average molecular weight is 397 g/mol. The second kappa shape index (κ2) is 9.70. The third-order valence-corrected chi connectivity index (χ3v) is 4.13. The number of benzene rings is 2. The van der Waals surface area contributed by atoms with Crippen molar-refractivity contribution in [1.29, 1.82) is 0 Å². The van der Waals surface area contributed by atoms with Crippen LogP contribution < -0.4 is 14.8 Å². The molecule has 0 atom stereocenters. The van der Waals surface area contributed by atoms with Gasteiger partial charge in [-0.25, -0.2) is 0 Å². The van der Waals surface area contributed by atoms with E-state index in [1.54, 1.807) is 25.3 Å². The number of nitrogens with zero attached hydrogens (tertiary/aromatic N) is 2. The quantitative estimate of drug-likeness (QED) is 0.555. The van der Waals surface area contributed by atoms with Crippen LogP contribution in [0.1, 0.15) is 5.56 Å². The SMILES string of the molecule is COCCNC(=O)COc1ccc(-c2noc(-c3ccc(C)cc3)n2)cc1OC. The Morgan fingerprint density at radius 2 is 1.83 bits per heavy atom. The number of hydrogen-bond donors (Lipinski definition) is 1. The minimum Gasteiger partial charge on any atom is -0.493 e. The van der Waals surface area contributed by atoms with Gasteiger partial charge in [0.1, 0.15) is 0 Å². The number of ether oxygens (including phenoxy) is 3. The zero-order chi connectivity index (χ0) is 20.6. The van der Waals surface area contributed by atoms with Gasteiger partial charge >= 0.3 is 0 Å². The van der Waals surface area contributed by atoms with Gasteiger partial charge in [-0.2, -0.15) is 4.98 Å². The molecule has 1 heterocycles. The number of aryl methyl sites for hydroxylation is 1. The molecule has 0 aliphatic carbocycles. The Labute approximate surface area is 168 Å². The van der Waals surface area contributed by atoms with E-state index < -0.39 is 0 Å². The molecule has 0 fully saturated rings. The van der Waals surface area contributed by atoms with Crippen molar-refractivity contribution in [3.8, 4) is 34.3 Å². The first-order valence-corrected chi connectivity index (χ1v) is 9.08. The first-order valence-electron chi connectivity index (χ1n) is 9.08. The van der Waals surface area contributed by atoms with Crippen LogP contribution in [0.3, 0.4) is 0 Å². The maximum Gasteiger partial charge on any atom is 0.258 e. The highest BCUT2D eigenvalue weighted by molar-refractivity contribution is 5.77. The molecule has 29 heavy (non-hydrogen) atoms. The Hall–Kier alpha value is -3.39. The molecule has 152 valence electrons. The maximum atomic E-state index is 11.8. The van der Waals surface area contributed by atoms with E-state index in [1.165, 1.54) is 7.11 Å². The summed E-state index contributed by atoms with van der Waals surface area (Å²) in [6, 6.07) is 13.1. The van der Waals surface area contributed by atoms with Gasteiger partial charge in [0.15, 0.2) is 18.1 Å². The fraction of sp³-hybridized carbons (Fsp3) is 0.286. The number of rotatable bonds is 9. The van der Waals surface area contributed by atoms with E-state index in [9.17, 15) is 4.79 Å². The van der Waals surface area contributed by atoms with Gasteiger partial charge < -0.3 is 24.1 Å². The van der Waals surface area contributed by atoms with Crippen LogP contribution >= 0.6 is 0 Å². The minimum atomic E-state index is -0.242. The summed E-state index contributed by atoms with van der Waals surface area (Å²) in [4.78, 5) is 16.2. The molecule has 3 aromatic rings. The van der Waals surface area contributed by atoms with Crippen LogP contribution in [-0.2, 0) is 9.53 Å². The number of carbonyl (C=O) groups excluding carboxylic acids is 1. The first-order chi connectivity index (χ1) is 14.1. The van der Waals surface area contributed by atoms with E-state index in [-0.39, 0.29) is 12.5 Å². The second-order valence-electron chi connectivity index (χ2n) is 6.29. The number of aromatic nitrogens is 2. The first kappa shape index (κ1) is 20.3. The van der Waals surface area contributed by atoms with Crippen LogP contribution in [0.4, 0.5) is 0 Å².